The van der Waals surface area contributed by atoms with Crippen LogP contribution in [0.4, 0.5) is 5.82 Å². The van der Waals surface area contributed by atoms with Gasteiger partial charge in [-0.3, -0.25) is 4.68 Å². The van der Waals surface area contributed by atoms with E-state index in [0.717, 1.165) is 22.6 Å². The maximum absolute atomic E-state index is 5.50. The number of rotatable bonds is 3. The Hall–Kier alpha value is -2.44. The van der Waals surface area contributed by atoms with Crippen LogP contribution in [0.2, 0.25) is 0 Å². The molecular weight excluding hydrogens is 244 g/mol. The van der Waals surface area contributed by atoms with Gasteiger partial charge in [-0.1, -0.05) is 0 Å². The summed E-state index contributed by atoms with van der Waals surface area (Å²) < 4.78 is 7.21. The van der Waals surface area contributed by atoms with Crippen molar-refractivity contribution in [3.05, 3.63) is 30.4 Å². The summed E-state index contributed by atoms with van der Waals surface area (Å²) in [6, 6.07) is -0.0768. The van der Waals surface area contributed by atoms with Crippen molar-refractivity contribution in [1.82, 2.24) is 24.7 Å². The molecule has 0 fully saturated rings. The van der Waals surface area contributed by atoms with Crippen LogP contribution in [-0.4, -0.2) is 24.7 Å². The van der Waals surface area contributed by atoms with Gasteiger partial charge in [-0.15, -0.1) is 0 Å². The highest BCUT2D eigenvalue weighted by Gasteiger charge is 2.14. The van der Waals surface area contributed by atoms with Crippen molar-refractivity contribution in [1.29, 1.82) is 0 Å². The van der Waals surface area contributed by atoms with Crippen molar-refractivity contribution in [2.24, 2.45) is 7.05 Å². The maximum atomic E-state index is 5.50. The molecule has 0 saturated heterocycles. The molecule has 0 radical (unpaired) electrons. The highest BCUT2D eigenvalue weighted by Crippen LogP contribution is 2.23. The summed E-state index contributed by atoms with van der Waals surface area (Å²) >= 11 is 0. The summed E-state index contributed by atoms with van der Waals surface area (Å²) in [6.45, 7) is 3.84. The number of aromatic nitrogens is 5. The molecular formula is C12H14N6O. The number of anilines is 1. The van der Waals surface area contributed by atoms with Gasteiger partial charge >= 0.3 is 0 Å². The Labute approximate surface area is 109 Å². The second kappa shape index (κ2) is 4.34. The van der Waals surface area contributed by atoms with Crippen molar-refractivity contribution >= 4 is 16.9 Å². The smallest absolute Gasteiger partial charge is 0.216 e. The van der Waals surface area contributed by atoms with E-state index in [1.54, 1.807) is 17.1 Å². The predicted octanol–water partition coefficient (Wildman–Crippen LogP) is 1.83. The number of hydrogen-bond acceptors (Lipinski definition) is 6. The average Bonchev–Trinajstić information content (AvgIpc) is 2.98. The molecule has 1 N–H and O–H groups in total. The van der Waals surface area contributed by atoms with Gasteiger partial charge in [-0.2, -0.15) is 5.10 Å². The number of aryl methyl sites for hydroxylation is 2. The molecule has 98 valence electrons. The van der Waals surface area contributed by atoms with Gasteiger partial charge in [0, 0.05) is 7.05 Å². The monoisotopic (exact) mass is 258 g/mol. The van der Waals surface area contributed by atoms with E-state index in [0.29, 0.717) is 5.89 Å². The second-order valence-electron chi connectivity index (χ2n) is 4.40. The van der Waals surface area contributed by atoms with E-state index in [1.807, 2.05) is 20.9 Å². The minimum Gasteiger partial charge on any atom is -0.444 e. The Morgan fingerprint density at radius 1 is 1.26 bits per heavy atom. The first-order chi connectivity index (χ1) is 9.15. The van der Waals surface area contributed by atoms with Crippen LogP contribution in [0.15, 0.2) is 23.1 Å². The number of nitrogens with zero attached hydrogens (tertiary/aromatic N) is 5. The third kappa shape index (κ3) is 2.03. The lowest BCUT2D eigenvalue weighted by molar-refractivity contribution is 0.453. The third-order valence-electron chi connectivity index (χ3n) is 2.89. The van der Waals surface area contributed by atoms with Crippen LogP contribution in [0.5, 0.6) is 0 Å². The molecule has 0 amide bonds. The first-order valence-electron chi connectivity index (χ1n) is 5.96. The molecule has 3 rings (SSSR count). The van der Waals surface area contributed by atoms with E-state index in [1.165, 1.54) is 6.33 Å². The van der Waals surface area contributed by atoms with E-state index in [2.05, 4.69) is 25.4 Å². The van der Waals surface area contributed by atoms with E-state index in [4.69, 9.17) is 4.42 Å². The summed E-state index contributed by atoms with van der Waals surface area (Å²) in [5.74, 6) is 2.15. The summed E-state index contributed by atoms with van der Waals surface area (Å²) in [4.78, 5) is 12.6. The SMILES string of the molecule is Cc1cnc(C(C)Nc2ncnc3c2cnn3C)o1. The number of fused-ring (bicyclic) bond motifs is 1. The minimum atomic E-state index is -0.0768. The fourth-order valence-corrected chi connectivity index (χ4v) is 1.92. The molecule has 0 aliphatic heterocycles. The maximum Gasteiger partial charge on any atom is 0.216 e. The van der Waals surface area contributed by atoms with Crippen molar-refractivity contribution < 1.29 is 4.42 Å². The zero-order valence-electron chi connectivity index (χ0n) is 11.0. The van der Waals surface area contributed by atoms with Crippen LogP contribution < -0.4 is 5.32 Å². The molecule has 3 aromatic rings. The van der Waals surface area contributed by atoms with E-state index >= 15 is 0 Å². The Morgan fingerprint density at radius 2 is 2.11 bits per heavy atom. The van der Waals surface area contributed by atoms with Gasteiger partial charge in [-0.05, 0) is 13.8 Å². The standard InChI is InChI=1S/C12H14N6O/c1-7-4-13-12(19-7)8(2)17-10-9-5-16-18(3)11(9)15-6-14-10/h4-6,8H,1-3H3,(H,14,15,17). The summed E-state index contributed by atoms with van der Waals surface area (Å²) in [6.07, 6.45) is 4.96. The van der Waals surface area contributed by atoms with Crippen LogP contribution in [0, 0.1) is 6.92 Å². The topological polar surface area (TPSA) is 81.7 Å². The zero-order valence-corrected chi connectivity index (χ0v) is 11.0. The molecule has 0 aliphatic rings. The van der Waals surface area contributed by atoms with Gasteiger partial charge in [0.05, 0.1) is 17.8 Å². The average molecular weight is 258 g/mol. The minimum absolute atomic E-state index is 0.0768. The molecule has 0 spiro atoms. The Kier molecular flexibility index (Phi) is 2.66. The van der Waals surface area contributed by atoms with Gasteiger partial charge in [-0.25, -0.2) is 15.0 Å². The summed E-state index contributed by atoms with van der Waals surface area (Å²) in [7, 11) is 1.85. The fourth-order valence-electron chi connectivity index (χ4n) is 1.92. The fraction of sp³-hybridized carbons (Fsp3) is 0.333. The lowest BCUT2D eigenvalue weighted by Crippen LogP contribution is -2.08. The molecule has 3 heterocycles. The van der Waals surface area contributed by atoms with Crippen LogP contribution >= 0.6 is 0 Å². The largest absolute Gasteiger partial charge is 0.444 e. The van der Waals surface area contributed by atoms with E-state index < -0.39 is 0 Å². The van der Waals surface area contributed by atoms with Gasteiger partial charge in [0.25, 0.3) is 0 Å². The third-order valence-corrected chi connectivity index (χ3v) is 2.89. The van der Waals surface area contributed by atoms with Crippen LogP contribution in [0.25, 0.3) is 11.0 Å². The molecule has 0 aromatic carbocycles. The number of hydrogen-bond donors (Lipinski definition) is 1. The van der Waals surface area contributed by atoms with Crippen LogP contribution in [0.1, 0.15) is 24.6 Å². The highest BCUT2D eigenvalue weighted by atomic mass is 16.4. The zero-order chi connectivity index (χ0) is 13.4. The van der Waals surface area contributed by atoms with E-state index in [9.17, 15) is 0 Å². The molecule has 7 heteroatoms. The Morgan fingerprint density at radius 3 is 2.84 bits per heavy atom. The molecule has 0 aliphatic carbocycles. The molecule has 19 heavy (non-hydrogen) atoms. The first-order valence-corrected chi connectivity index (χ1v) is 5.96. The van der Waals surface area contributed by atoms with Crippen molar-refractivity contribution in [2.75, 3.05) is 5.32 Å². The summed E-state index contributed by atoms with van der Waals surface area (Å²) in [5.41, 5.74) is 0.785. The van der Waals surface area contributed by atoms with Gasteiger partial charge < -0.3 is 9.73 Å². The highest BCUT2D eigenvalue weighted by molar-refractivity contribution is 5.86. The van der Waals surface area contributed by atoms with Crippen LogP contribution in [0.3, 0.4) is 0 Å². The molecule has 0 saturated carbocycles. The van der Waals surface area contributed by atoms with Crippen molar-refractivity contribution in [3.8, 4) is 0 Å². The summed E-state index contributed by atoms with van der Waals surface area (Å²) in [5, 5.41) is 8.32. The van der Waals surface area contributed by atoms with Crippen molar-refractivity contribution in [2.45, 2.75) is 19.9 Å². The Balaban J connectivity index is 1.93. The lowest BCUT2D eigenvalue weighted by atomic mass is 10.3. The Bertz CT molecular complexity index is 716. The predicted molar refractivity (Wildman–Crippen MR) is 69.6 cm³/mol. The molecule has 3 aromatic heterocycles. The second-order valence-corrected chi connectivity index (χ2v) is 4.40. The molecule has 1 atom stereocenters. The number of oxazole rings is 1. The lowest BCUT2D eigenvalue weighted by Gasteiger charge is -2.11. The van der Waals surface area contributed by atoms with Crippen LogP contribution in [-0.2, 0) is 7.05 Å². The van der Waals surface area contributed by atoms with Gasteiger partial charge in [0.2, 0.25) is 5.89 Å². The van der Waals surface area contributed by atoms with Gasteiger partial charge in [0.15, 0.2) is 5.65 Å². The van der Waals surface area contributed by atoms with E-state index in [-0.39, 0.29) is 6.04 Å². The molecule has 7 nitrogen and oxygen atoms in total. The first kappa shape index (κ1) is 11.6. The quantitative estimate of drug-likeness (QED) is 0.771. The van der Waals surface area contributed by atoms with Gasteiger partial charge in [0.1, 0.15) is 23.9 Å². The van der Waals surface area contributed by atoms with Crippen molar-refractivity contribution in [3.63, 3.8) is 0 Å². The normalized spacial score (nSPS) is 12.8. The molecule has 0 bridgehead atoms. The number of nitrogens with one attached hydrogen (secondary N) is 1. The molecule has 1 unspecified atom stereocenters.